The summed E-state index contributed by atoms with van der Waals surface area (Å²) in [5, 5.41) is 0.790. The topological polar surface area (TPSA) is 29.1 Å². The van der Waals surface area contributed by atoms with Crippen LogP contribution in [0.25, 0.3) is 0 Å². The summed E-state index contributed by atoms with van der Waals surface area (Å²) in [6.45, 7) is 9.28. The predicted octanol–water partition coefficient (Wildman–Crippen LogP) is 2.99. The first kappa shape index (κ1) is 23.8. The van der Waals surface area contributed by atoms with E-state index in [-0.39, 0.29) is 0 Å². The third-order valence-electron chi connectivity index (χ3n) is 5.94. The largest absolute Gasteiger partial charge is 0.373 e. The van der Waals surface area contributed by atoms with E-state index in [0.717, 1.165) is 69.6 Å². The van der Waals surface area contributed by atoms with E-state index in [1.54, 1.807) is 0 Å². The van der Waals surface area contributed by atoms with Gasteiger partial charge in [-0.15, -0.1) is 0 Å². The summed E-state index contributed by atoms with van der Waals surface area (Å²) in [6, 6.07) is 12.5. The highest BCUT2D eigenvalue weighted by molar-refractivity contribution is 6.30. The van der Waals surface area contributed by atoms with Crippen molar-refractivity contribution < 1.29 is 0 Å². The summed E-state index contributed by atoms with van der Waals surface area (Å²) in [6.07, 6.45) is 1.95. The van der Waals surface area contributed by atoms with Crippen molar-refractivity contribution in [1.82, 2.24) is 19.7 Å². The van der Waals surface area contributed by atoms with Crippen LogP contribution in [0.5, 0.6) is 0 Å². The van der Waals surface area contributed by atoms with Crippen LogP contribution >= 0.6 is 11.6 Å². The average molecular weight is 445 g/mol. The van der Waals surface area contributed by atoms with Crippen molar-refractivity contribution in [3.8, 4) is 0 Å². The van der Waals surface area contributed by atoms with Gasteiger partial charge in [0.05, 0.1) is 5.69 Å². The molecule has 2 heterocycles. The molecule has 1 aromatic heterocycles. The highest BCUT2D eigenvalue weighted by Crippen LogP contribution is 2.20. The number of piperazine rings is 1. The van der Waals surface area contributed by atoms with Crippen LogP contribution in [0, 0.1) is 0 Å². The molecule has 7 heteroatoms. The van der Waals surface area contributed by atoms with Gasteiger partial charge >= 0.3 is 0 Å². The molecule has 3 rings (SSSR count). The summed E-state index contributed by atoms with van der Waals surface area (Å²) in [5.74, 6) is 0. The predicted molar refractivity (Wildman–Crippen MR) is 132 cm³/mol. The molecule has 1 fully saturated rings. The lowest BCUT2D eigenvalue weighted by Gasteiger charge is -2.36. The van der Waals surface area contributed by atoms with Crippen molar-refractivity contribution in [3.63, 3.8) is 0 Å². The summed E-state index contributed by atoms with van der Waals surface area (Å²) in [4.78, 5) is 16.5. The number of halogens is 1. The molecule has 6 nitrogen and oxygen atoms in total. The van der Waals surface area contributed by atoms with E-state index >= 15 is 0 Å². The monoisotopic (exact) mass is 444 g/mol. The summed E-state index contributed by atoms with van der Waals surface area (Å²) in [7, 11) is 8.61. The number of nitrogens with zero attached hydrogens (tertiary/aromatic N) is 6. The van der Waals surface area contributed by atoms with Crippen LogP contribution in [0.3, 0.4) is 0 Å². The molecule has 0 bridgehead atoms. The second-order valence-electron chi connectivity index (χ2n) is 8.77. The standard InChI is InChI=1S/C24H37ClN6/c1-27(2)11-12-28(3)13-14-29(4)24-9-10-26-22(19-24)20-30-15-17-31(18-16-30)23-7-5-21(25)6-8-23/h5-10,19H,11-18,20H2,1-4H3. The number of likely N-dealkylation sites (N-methyl/N-ethyl adjacent to an activating group) is 3. The Bertz CT molecular complexity index is 789. The van der Waals surface area contributed by atoms with Gasteiger partial charge in [-0.3, -0.25) is 9.88 Å². The molecule has 0 amide bonds. The first-order valence-electron chi connectivity index (χ1n) is 11.1. The minimum atomic E-state index is 0.790. The van der Waals surface area contributed by atoms with Gasteiger partial charge in [-0.25, -0.2) is 0 Å². The molecule has 0 aliphatic carbocycles. The number of hydrogen-bond acceptors (Lipinski definition) is 6. The molecule has 170 valence electrons. The summed E-state index contributed by atoms with van der Waals surface area (Å²) < 4.78 is 0. The Morgan fingerprint density at radius 2 is 1.55 bits per heavy atom. The molecular weight excluding hydrogens is 408 g/mol. The van der Waals surface area contributed by atoms with Gasteiger partial charge in [0.2, 0.25) is 0 Å². The molecule has 0 atom stereocenters. The summed E-state index contributed by atoms with van der Waals surface area (Å²) in [5.41, 5.74) is 3.64. The van der Waals surface area contributed by atoms with Crippen LogP contribution in [0.4, 0.5) is 11.4 Å². The van der Waals surface area contributed by atoms with Crippen LogP contribution in [0.2, 0.25) is 5.02 Å². The third-order valence-corrected chi connectivity index (χ3v) is 6.19. The Kier molecular flexibility index (Phi) is 8.96. The average Bonchev–Trinajstić information content (AvgIpc) is 2.77. The van der Waals surface area contributed by atoms with Gasteiger partial charge in [0.1, 0.15) is 0 Å². The van der Waals surface area contributed by atoms with Gasteiger partial charge in [-0.1, -0.05) is 11.6 Å². The van der Waals surface area contributed by atoms with E-state index in [1.165, 1.54) is 11.4 Å². The van der Waals surface area contributed by atoms with E-state index in [1.807, 2.05) is 18.3 Å². The maximum Gasteiger partial charge on any atom is 0.0564 e. The fraction of sp³-hybridized carbons (Fsp3) is 0.542. The van der Waals surface area contributed by atoms with Crippen molar-refractivity contribution in [2.45, 2.75) is 6.54 Å². The number of anilines is 2. The van der Waals surface area contributed by atoms with E-state index in [4.69, 9.17) is 11.6 Å². The molecule has 0 radical (unpaired) electrons. The first-order chi connectivity index (χ1) is 14.9. The fourth-order valence-electron chi connectivity index (χ4n) is 3.77. The molecule has 1 saturated heterocycles. The molecule has 1 aromatic carbocycles. The molecule has 31 heavy (non-hydrogen) atoms. The molecule has 0 unspecified atom stereocenters. The third kappa shape index (κ3) is 7.65. The van der Waals surface area contributed by atoms with Gasteiger partial charge in [-0.2, -0.15) is 0 Å². The number of hydrogen-bond donors (Lipinski definition) is 0. The zero-order valence-corrected chi connectivity index (χ0v) is 20.2. The maximum atomic E-state index is 6.02. The minimum absolute atomic E-state index is 0.790. The normalized spacial score (nSPS) is 15.1. The quantitative estimate of drug-likeness (QED) is 0.559. The van der Waals surface area contributed by atoms with Crippen molar-refractivity contribution in [2.24, 2.45) is 0 Å². The Morgan fingerprint density at radius 3 is 2.23 bits per heavy atom. The highest BCUT2D eigenvalue weighted by Gasteiger charge is 2.18. The second-order valence-corrected chi connectivity index (χ2v) is 9.21. The SMILES string of the molecule is CN(C)CCN(C)CCN(C)c1ccnc(CN2CCN(c3ccc(Cl)cc3)CC2)c1. The van der Waals surface area contributed by atoms with E-state index in [0.29, 0.717) is 0 Å². The van der Waals surface area contributed by atoms with Crippen molar-refractivity contribution in [3.05, 3.63) is 53.3 Å². The zero-order chi connectivity index (χ0) is 22.2. The van der Waals surface area contributed by atoms with Gasteiger partial charge in [0.15, 0.2) is 0 Å². The van der Waals surface area contributed by atoms with Gasteiger partial charge in [0.25, 0.3) is 0 Å². The Labute approximate surface area is 193 Å². The van der Waals surface area contributed by atoms with Crippen LogP contribution in [-0.4, -0.2) is 100 Å². The summed E-state index contributed by atoms with van der Waals surface area (Å²) >= 11 is 6.02. The second kappa shape index (κ2) is 11.7. The minimum Gasteiger partial charge on any atom is -0.373 e. The molecule has 1 aliphatic rings. The van der Waals surface area contributed by atoms with Crippen LogP contribution < -0.4 is 9.80 Å². The number of aromatic nitrogens is 1. The van der Waals surface area contributed by atoms with E-state index in [9.17, 15) is 0 Å². The Balaban J connectivity index is 1.46. The van der Waals surface area contributed by atoms with Crippen LogP contribution in [0.15, 0.2) is 42.6 Å². The number of pyridine rings is 1. The molecule has 0 spiro atoms. The lowest BCUT2D eigenvalue weighted by molar-refractivity contribution is 0.247. The Hall–Kier alpha value is -1.86. The maximum absolute atomic E-state index is 6.02. The molecule has 2 aromatic rings. The van der Waals surface area contributed by atoms with Crippen LogP contribution in [-0.2, 0) is 6.54 Å². The lowest BCUT2D eigenvalue weighted by Crippen LogP contribution is -2.46. The molecule has 1 aliphatic heterocycles. The highest BCUT2D eigenvalue weighted by atomic mass is 35.5. The molecule has 0 N–H and O–H groups in total. The van der Waals surface area contributed by atoms with Gasteiger partial charge in [-0.05, 0) is 57.5 Å². The fourth-order valence-corrected chi connectivity index (χ4v) is 3.89. The number of benzene rings is 1. The lowest BCUT2D eigenvalue weighted by atomic mass is 10.2. The van der Waals surface area contributed by atoms with Gasteiger partial charge < -0.3 is 19.6 Å². The van der Waals surface area contributed by atoms with E-state index in [2.05, 4.69) is 81.9 Å². The molecular formula is C24H37ClN6. The number of rotatable bonds is 10. The van der Waals surface area contributed by atoms with Crippen molar-refractivity contribution in [1.29, 1.82) is 0 Å². The Morgan fingerprint density at radius 1 is 0.871 bits per heavy atom. The van der Waals surface area contributed by atoms with Crippen molar-refractivity contribution >= 4 is 23.0 Å². The first-order valence-corrected chi connectivity index (χ1v) is 11.5. The van der Waals surface area contributed by atoms with Crippen molar-refractivity contribution in [2.75, 3.05) is 90.3 Å². The van der Waals surface area contributed by atoms with Gasteiger partial charge in [0, 0.05) is 88.5 Å². The molecule has 0 saturated carbocycles. The van der Waals surface area contributed by atoms with E-state index < -0.39 is 0 Å². The smallest absolute Gasteiger partial charge is 0.0564 e. The zero-order valence-electron chi connectivity index (χ0n) is 19.5. The van der Waals surface area contributed by atoms with Crippen LogP contribution in [0.1, 0.15) is 5.69 Å².